The van der Waals surface area contributed by atoms with Crippen molar-refractivity contribution in [2.75, 3.05) is 20.1 Å². The SMILES string of the molecule is Cc1ncc(F)c2c1CC(N(C)C[C@@H](O)[C@H]1CNC(=O)O1)C2. The van der Waals surface area contributed by atoms with E-state index in [-0.39, 0.29) is 11.9 Å². The average Bonchev–Trinajstić information content (AvgIpc) is 3.10. The van der Waals surface area contributed by atoms with Crippen molar-refractivity contribution in [3.8, 4) is 0 Å². The summed E-state index contributed by atoms with van der Waals surface area (Å²) in [5, 5.41) is 12.7. The fourth-order valence-electron chi connectivity index (χ4n) is 3.20. The molecule has 3 atom stereocenters. The summed E-state index contributed by atoms with van der Waals surface area (Å²) in [6.07, 6.45) is 0.808. The van der Waals surface area contributed by atoms with E-state index < -0.39 is 18.3 Å². The maximum atomic E-state index is 13.9. The lowest BCUT2D eigenvalue weighted by molar-refractivity contribution is 0.00858. The minimum atomic E-state index is -0.767. The zero-order valence-corrected chi connectivity index (χ0v) is 12.7. The minimum absolute atomic E-state index is 0.118. The maximum absolute atomic E-state index is 13.9. The van der Waals surface area contributed by atoms with Crippen LogP contribution in [-0.4, -0.2) is 59.5 Å². The Labute approximate surface area is 128 Å². The Morgan fingerprint density at radius 3 is 2.91 bits per heavy atom. The van der Waals surface area contributed by atoms with Crippen molar-refractivity contribution in [2.45, 2.75) is 38.0 Å². The van der Waals surface area contributed by atoms with Gasteiger partial charge in [0.15, 0.2) is 0 Å². The van der Waals surface area contributed by atoms with Gasteiger partial charge in [-0.05, 0) is 37.9 Å². The molecule has 1 aliphatic heterocycles. The highest BCUT2D eigenvalue weighted by molar-refractivity contribution is 5.69. The first kappa shape index (κ1) is 15.2. The van der Waals surface area contributed by atoms with Gasteiger partial charge in [-0.3, -0.25) is 4.98 Å². The fraction of sp³-hybridized carbons (Fsp3) is 0.600. The molecule has 1 aromatic rings. The third-order valence-corrected chi connectivity index (χ3v) is 4.57. The number of cyclic esters (lactones) is 1. The van der Waals surface area contributed by atoms with E-state index in [4.69, 9.17) is 4.74 Å². The number of halogens is 1. The molecule has 120 valence electrons. The largest absolute Gasteiger partial charge is 0.442 e. The average molecular weight is 309 g/mol. The van der Waals surface area contributed by atoms with Crippen molar-refractivity contribution in [3.05, 3.63) is 28.8 Å². The molecule has 3 rings (SSSR count). The monoisotopic (exact) mass is 309 g/mol. The number of carbonyl (C=O) groups is 1. The molecule has 1 aromatic heterocycles. The molecule has 1 aliphatic carbocycles. The van der Waals surface area contributed by atoms with E-state index in [1.807, 2.05) is 18.9 Å². The quantitative estimate of drug-likeness (QED) is 0.842. The number of ether oxygens (including phenoxy) is 1. The Kier molecular flexibility index (Phi) is 4.01. The van der Waals surface area contributed by atoms with Gasteiger partial charge >= 0.3 is 6.09 Å². The summed E-state index contributed by atoms with van der Waals surface area (Å²) in [6, 6.07) is 0.118. The van der Waals surface area contributed by atoms with Crippen LogP contribution in [-0.2, 0) is 17.6 Å². The molecule has 1 amide bonds. The van der Waals surface area contributed by atoms with Crippen LogP contribution in [0.1, 0.15) is 16.8 Å². The van der Waals surface area contributed by atoms with Gasteiger partial charge in [-0.15, -0.1) is 0 Å². The Balaban J connectivity index is 1.63. The lowest BCUT2D eigenvalue weighted by Gasteiger charge is -2.28. The number of hydrogen-bond donors (Lipinski definition) is 2. The van der Waals surface area contributed by atoms with Gasteiger partial charge in [0.25, 0.3) is 0 Å². The number of nitrogens with one attached hydrogen (secondary N) is 1. The third-order valence-electron chi connectivity index (χ3n) is 4.57. The lowest BCUT2D eigenvalue weighted by Crippen LogP contribution is -2.43. The summed E-state index contributed by atoms with van der Waals surface area (Å²) >= 11 is 0. The molecular weight excluding hydrogens is 289 g/mol. The fourth-order valence-corrected chi connectivity index (χ4v) is 3.20. The predicted octanol–water partition coefficient (Wildman–Crippen LogP) is 0.397. The number of likely N-dealkylation sites (N-methyl/N-ethyl adjacent to an activating group) is 1. The van der Waals surface area contributed by atoms with Crippen LogP contribution in [0.15, 0.2) is 6.20 Å². The predicted molar refractivity (Wildman–Crippen MR) is 77.0 cm³/mol. The Bertz CT molecular complexity index is 565. The van der Waals surface area contributed by atoms with Crippen LogP contribution in [0.3, 0.4) is 0 Å². The molecule has 0 spiro atoms. The smallest absolute Gasteiger partial charge is 0.407 e. The van der Waals surface area contributed by atoms with Gasteiger partial charge in [0, 0.05) is 18.3 Å². The second-order valence-corrected chi connectivity index (χ2v) is 6.04. The number of aryl methyl sites for hydroxylation is 1. The highest BCUT2D eigenvalue weighted by atomic mass is 19.1. The maximum Gasteiger partial charge on any atom is 0.407 e. The normalized spacial score (nSPS) is 25.0. The van der Waals surface area contributed by atoms with Gasteiger partial charge in [-0.1, -0.05) is 0 Å². The first-order valence-corrected chi connectivity index (χ1v) is 7.41. The van der Waals surface area contributed by atoms with Gasteiger partial charge < -0.3 is 20.1 Å². The molecule has 2 aliphatic rings. The molecule has 1 unspecified atom stereocenters. The van der Waals surface area contributed by atoms with Crippen molar-refractivity contribution in [2.24, 2.45) is 0 Å². The molecule has 0 bridgehead atoms. The molecule has 2 N–H and O–H groups in total. The highest BCUT2D eigenvalue weighted by Gasteiger charge is 2.34. The summed E-state index contributed by atoms with van der Waals surface area (Å²) in [4.78, 5) is 17.1. The molecular formula is C15H20FN3O3. The van der Waals surface area contributed by atoms with E-state index in [2.05, 4.69) is 10.3 Å². The van der Waals surface area contributed by atoms with Crippen LogP contribution < -0.4 is 5.32 Å². The topological polar surface area (TPSA) is 74.7 Å². The first-order valence-electron chi connectivity index (χ1n) is 7.41. The lowest BCUT2D eigenvalue weighted by atomic mass is 10.1. The Morgan fingerprint density at radius 2 is 2.27 bits per heavy atom. The number of pyridine rings is 1. The number of nitrogens with zero attached hydrogens (tertiary/aromatic N) is 2. The van der Waals surface area contributed by atoms with Crippen molar-refractivity contribution in [1.82, 2.24) is 15.2 Å². The number of rotatable bonds is 4. The number of hydrogen-bond acceptors (Lipinski definition) is 5. The number of aromatic nitrogens is 1. The van der Waals surface area contributed by atoms with Gasteiger partial charge in [0.1, 0.15) is 18.0 Å². The highest BCUT2D eigenvalue weighted by Crippen LogP contribution is 2.29. The minimum Gasteiger partial charge on any atom is -0.442 e. The zero-order valence-electron chi connectivity index (χ0n) is 12.7. The summed E-state index contributed by atoms with van der Waals surface area (Å²) in [5.41, 5.74) is 2.56. The van der Waals surface area contributed by atoms with Crippen molar-refractivity contribution in [1.29, 1.82) is 0 Å². The van der Waals surface area contributed by atoms with Crippen molar-refractivity contribution >= 4 is 6.09 Å². The molecule has 1 saturated heterocycles. The number of amides is 1. The summed E-state index contributed by atoms with van der Waals surface area (Å²) in [6.45, 7) is 2.57. The van der Waals surface area contributed by atoms with Crippen LogP contribution in [0.25, 0.3) is 0 Å². The van der Waals surface area contributed by atoms with E-state index in [1.54, 1.807) is 0 Å². The van der Waals surface area contributed by atoms with Gasteiger partial charge in [-0.25, -0.2) is 9.18 Å². The van der Waals surface area contributed by atoms with Crippen molar-refractivity contribution < 1.29 is 19.0 Å². The standard InChI is InChI=1S/C15H20FN3O3/c1-8-10-3-9(4-11(10)12(16)5-17-8)19(2)7-13(20)14-6-18-15(21)22-14/h5,9,13-14,20H,3-4,6-7H2,1-2H3,(H,18,21)/t9?,13-,14-/m1/s1. The molecule has 0 aromatic carbocycles. The van der Waals surface area contributed by atoms with E-state index >= 15 is 0 Å². The molecule has 0 radical (unpaired) electrons. The van der Waals surface area contributed by atoms with Crippen LogP contribution in [0.4, 0.5) is 9.18 Å². The number of alkyl carbamates (subject to hydrolysis) is 1. The second-order valence-electron chi connectivity index (χ2n) is 6.04. The summed E-state index contributed by atoms with van der Waals surface area (Å²) < 4.78 is 18.9. The Morgan fingerprint density at radius 1 is 1.55 bits per heavy atom. The van der Waals surface area contributed by atoms with Gasteiger partial charge in [0.2, 0.25) is 0 Å². The molecule has 7 heteroatoms. The van der Waals surface area contributed by atoms with Crippen LogP contribution in [0, 0.1) is 12.7 Å². The van der Waals surface area contributed by atoms with Gasteiger partial charge in [-0.2, -0.15) is 0 Å². The number of aliphatic hydroxyl groups is 1. The van der Waals surface area contributed by atoms with E-state index in [0.717, 1.165) is 23.2 Å². The number of fused-ring (bicyclic) bond motifs is 1. The van der Waals surface area contributed by atoms with Gasteiger partial charge in [0.05, 0.1) is 12.7 Å². The number of aliphatic hydroxyl groups excluding tert-OH is 1. The molecule has 22 heavy (non-hydrogen) atoms. The second kappa shape index (κ2) is 5.81. The third kappa shape index (κ3) is 2.78. The van der Waals surface area contributed by atoms with Crippen LogP contribution in [0.2, 0.25) is 0 Å². The summed E-state index contributed by atoms with van der Waals surface area (Å²) in [5.74, 6) is -0.258. The first-order chi connectivity index (χ1) is 10.5. The molecule has 1 fully saturated rings. The van der Waals surface area contributed by atoms with E-state index in [9.17, 15) is 14.3 Å². The number of carbonyl (C=O) groups excluding carboxylic acids is 1. The molecule has 6 nitrogen and oxygen atoms in total. The van der Waals surface area contributed by atoms with Crippen LogP contribution in [0.5, 0.6) is 0 Å². The molecule has 2 heterocycles. The van der Waals surface area contributed by atoms with E-state index in [0.29, 0.717) is 19.5 Å². The molecule has 0 saturated carbocycles. The van der Waals surface area contributed by atoms with Crippen molar-refractivity contribution in [3.63, 3.8) is 0 Å². The van der Waals surface area contributed by atoms with Crippen LogP contribution >= 0.6 is 0 Å². The van der Waals surface area contributed by atoms with E-state index in [1.165, 1.54) is 6.20 Å². The Hall–Kier alpha value is -1.73. The summed E-state index contributed by atoms with van der Waals surface area (Å²) in [7, 11) is 1.89. The zero-order chi connectivity index (χ0) is 15.9.